The van der Waals surface area contributed by atoms with Crippen LogP contribution in [-0.2, 0) is 46.0 Å². The Morgan fingerprint density at radius 3 is 0.571 bits per heavy atom. The molecule has 0 nitrogen and oxygen atoms in total. The van der Waals surface area contributed by atoms with Gasteiger partial charge in [-0.1, -0.05) is 79.1 Å². The minimum Gasteiger partial charge on any atom is -0.147 e. The van der Waals surface area contributed by atoms with E-state index in [2.05, 4.69) is 158 Å². The van der Waals surface area contributed by atoms with Gasteiger partial charge in [-0.3, -0.25) is 24.3 Å². The van der Waals surface area contributed by atoms with Crippen LogP contribution < -0.4 is 0 Å². The van der Waals surface area contributed by atoms with Gasteiger partial charge in [0.1, 0.15) is 0 Å². The number of allylic oxidation sites excluding steroid dienone is 16. The second kappa shape index (κ2) is 26.8. The molecule has 0 saturated heterocycles. The molecule has 0 N–H and O–H groups in total. The molecule has 0 bridgehead atoms. The van der Waals surface area contributed by atoms with E-state index in [1.165, 1.54) is 90.6 Å². The van der Waals surface area contributed by atoms with Crippen LogP contribution in [0.5, 0.6) is 0 Å². The molecular weight excluding hydrogens is 916 g/mol. The second-order valence-corrected chi connectivity index (χ2v) is 37.2. The van der Waals surface area contributed by atoms with Gasteiger partial charge in [0.05, 0.1) is 0 Å². The molecular formula is C36H58Cl2Hf2Si2. The molecule has 4 aliphatic rings. The van der Waals surface area contributed by atoms with E-state index in [1.807, 2.05) is 0 Å². The van der Waals surface area contributed by atoms with Crippen molar-refractivity contribution in [1.29, 1.82) is 0 Å². The molecule has 0 saturated carbocycles. The smallest absolute Gasteiger partial charge is 0.147 e. The summed E-state index contributed by atoms with van der Waals surface area (Å²) in [5.41, 5.74) is 11.3. The Hall–Kier alpha value is 0.674. The zero-order valence-electron chi connectivity index (χ0n) is 29.4. The Kier molecular flexibility index (Phi) is 31.7. The summed E-state index contributed by atoms with van der Waals surface area (Å²) in [5, 5.41) is 0. The van der Waals surface area contributed by atoms with Crippen molar-refractivity contribution in [3.8, 4) is 0 Å². The summed E-state index contributed by atoms with van der Waals surface area (Å²) < 4.78 is 0. The van der Waals surface area contributed by atoms with Crippen LogP contribution in [0.25, 0.3) is 0 Å². The van der Waals surface area contributed by atoms with E-state index in [4.69, 9.17) is 0 Å². The molecule has 4 rings (SSSR count). The van der Waals surface area contributed by atoms with Crippen LogP contribution in [0.4, 0.5) is 0 Å². The quantitative estimate of drug-likeness (QED) is 0.168. The van der Waals surface area contributed by atoms with E-state index in [0.29, 0.717) is 23.7 Å². The van der Waals surface area contributed by atoms with Gasteiger partial charge in [-0.2, -0.15) is 24.3 Å². The molecule has 6 heteroatoms. The minimum atomic E-state index is 0. The second-order valence-electron chi connectivity index (χ2n) is 11.6. The molecule has 0 aromatic carbocycles. The van der Waals surface area contributed by atoms with Crippen LogP contribution in [0.15, 0.2) is 68.9 Å². The summed E-state index contributed by atoms with van der Waals surface area (Å²) in [6.07, 6.45) is 22.1. The molecule has 0 spiro atoms. The Balaban J connectivity index is -0.000000209. The van der Waals surface area contributed by atoms with E-state index in [9.17, 15) is 0 Å². The maximum absolute atomic E-state index is 3.29. The molecule has 4 unspecified atom stereocenters. The first-order valence-corrected chi connectivity index (χ1v) is 30.2. The van der Waals surface area contributed by atoms with Gasteiger partial charge in [-0.05, 0) is 0 Å². The van der Waals surface area contributed by atoms with Crippen molar-refractivity contribution in [1.82, 2.24) is 0 Å². The van der Waals surface area contributed by atoms with Crippen molar-refractivity contribution >= 4 is 35.8 Å². The molecule has 0 fully saturated rings. The van der Waals surface area contributed by atoms with Gasteiger partial charge >= 0.3 is 83.2 Å². The van der Waals surface area contributed by atoms with Crippen LogP contribution in [0, 0.1) is 48.0 Å². The molecule has 232 valence electrons. The first-order valence-electron chi connectivity index (χ1n) is 14.5. The third-order valence-electron chi connectivity index (χ3n) is 6.14. The van der Waals surface area contributed by atoms with Gasteiger partial charge < -0.3 is 0 Å². The van der Waals surface area contributed by atoms with E-state index in [-0.39, 0.29) is 35.8 Å². The van der Waals surface area contributed by atoms with Gasteiger partial charge in [0.25, 0.3) is 0 Å². The molecule has 0 radical (unpaired) electrons. The standard InChI is InChI=1S/4C8H11.2C2H6Si.2ClH.2Hf/c4*1-6-4-7(2)8(3)5-6;2*1-3-2;;;;/h4*4,6H,1-3H3;2*1-2H3;2*1H;;/q4*-1;;;;;2*+2. The maximum Gasteiger partial charge on any atom is -0.147 e. The largest absolute Gasteiger partial charge is 0.147 e. The summed E-state index contributed by atoms with van der Waals surface area (Å²) in [4.78, 5) is 0. The van der Waals surface area contributed by atoms with Gasteiger partial charge in [0.15, 0.2) is 0 Å². The van der Waals surface area contributed by atoms with Crippen molar-refractivity contribution in [2.45, 2.75) is 109 Å². The summed E-state index contributed by atoms with van der Waals surface area (Å²) in [7, 11) is 0. The third-order valence-corrected chi connectivity index (χ3v) is 6.14. The number of halogens is 2. The van der Waals surface area contributed by atoms with Crippen LogP contribution >= 0.6 is 24.8 Å². The third kappa shape index (κ3) is 27.0. The Bertz CT molecular complexity index is 871. The number of hydrogen-bond donors (Lipinski definition) is 0. The molecule has 0 heterocycles. The first kappa shape index (κ1) is 49.6. The first-order chi connectivity index (χ1) is 18.3. The molecule has 4 aliphatic carbocycles. The summed E-state index contributed by atoms with van der Waals surface area (Å²) >= 11 is 2.90. The Morgan fingerprint density at radius 1 is 0.429 bits per heavy atom. The van der Waals surface area contributed by atoms with Crippen molar-refractivity contribution in [2.24, 2.45) is 23.7 Å². The zero-order chi connectivity index (χ0) is 31.7. The molecule has 0 amide bonds. The van der Waals surface area contributed by atoms with Crippen molar-refractivity contribution in [2.75, 3.05) is 0 Å². The zero-order valence-corrected chi connectivity index (χ0v) is 40.3. The predicted molar refractivity (Wildman–Crippen MR) is 191 cm³/mol. The van der Waals surface area contributed by atoms with Gasteiger partial charge in [0, 0.05) is 0 Å². The van der Waals surface area contributed by atoms with Gasteiger partial charge in [-0.15, -0.1) is 52.5 Å². The monoisotopic (exact) mass is 976 g/mol. The number of rotatable bonds is 0. The molecule has 4 atom stereocenters. The van der Waals surface area contributed by atoms with E-state index in [0.717, 1.165) is 0 Å². The fourth-order valence-electron chi connectivity index (χ4n) is 3.99. The normalized spacial score (nSPS) is 22.4. The minimum absolute atomic E-state index is 0. The van der Waals surface area contributed by atoms with Crippen molar-refractivity contribution in [3.05, 3.63) is 93.2 Å². The molecule has 0 aromatic rings. The van der Waals surface area contributed by atoms with Gasteiger partial charge in [-0.25, -0.2) is 44.6 Å². The van der Waals surface area contributed by atoms with E-state index in [1.54, 1.807) is 0 Å². The molecule has 0 aromatic heterocycles. The van der Waals surface area contributed by atoms with Gasteiger partial charge in [0.2, 0.25) is 0 Å². The average molecular weight is 975 g/mol. The Labute approximate surface area is 305 Å². The van der Waals surface area contributed by atoms with E-state index < -0.39 is 0 Å². The van der Waals surface area contributed by atoms with Crippen LogP contribution in [0.2, 0.25) is 26.2 Å². The van der Waals surface area contributed by atoms with Crippen molar-refractivity contribution in [3.63, 3.8) is 0 Å². The van der Waals surface area contributed by atoms with Crippen LogP contribution in [-0.4, -0.2) is 11.0 Å². The Morgan fingerprint density at radius 2 is 0.548 bits per heavy atom. The molecule has 42 heavy (non-hydrogen) atoms. The summed E-state index contributed by atoms with van der Waals surface area (Å²) in [6.45, 7) is 34.9. The predicted octanol–water partition coefficient (Wildman–Crippen LogP) is 11.7. The number of hydrogen-bond acceptors (Lipinski definition) is 0. The average Bonchev–Trinajstić information content (AvgIpc) is 3.44. The van der Waals surface area contributed by atoms with Crippen LogP contribution in [0.1, 0.15) is 83.1 Å². The van der Waals surface area contributed by atoms with Crippen LogP contribution in [0.3, 0.4) is 0 Å². The SMILES string of the molecule is CC1=[C-]C(C)C=C1C.CC1=[C-]C(C)C=C1C.CC1=[C-]C(C)C=C1C.CC1=[C-]C(C)C=C1C.C[Si](C)=[Hf+2].C[Si](C)=[Hf+2].Cl.Cl. The summed E-state index contributed by atoms with van der Waals surface area (Å²) in [5.74, 6) is 2.20. The summed E-state index contributed by atoms with van der Waals surface area (Å²) in [6, 6.07) is 0. The van der Waals surface area contributed by atoms with Crippen molar-refractivity contribution < 1.29 is 46.0 Å². The fraction of sp³-hybridized carbons (Fsp3) is 0.556. The molecule has 0 aliphatic heterocycles. The van der Waals surface area contributed by atoms with E-state index >= 15 is 0 Å². The topological polar surface area (TPSA) is 0 Å². The maximum atomic E-state index is 3.29. The fourth-order valence-corrected chi connectivity index (χ4v) is 3.99.